The number of aliphatic hydroxyl groups is 1. The van der Waals surface area contributed by atoms with Crippen molar-refractivity contribution in [1.82, 2.24) is 15.0 Å². The zero-order valence-corrected chi connectivity index (χ0v) is 17.7. The van der Waals surface area contributed by atoms with Crippen LogP contribution < -0.4 is 9.64 Å². The van der Waals surface area contributed by atoms with Crippen LogP contribution in [0.25, 0.3) is 21.9 Å². The Bertz CT molecular complexity index is 1380. The number of aromatic nitrogens is 3. The minimum Gasteiger partial charge on any atom is -0.497 e. The van der Waals surface area contributed by atoms with E-state index < -0.39 is 18.0 Å². The molecule has 170 valence electrons. The number of rotatable bonds is 3. The summed E-state index contributed by atoms with van der Waals surface area (Å²) in [6.45, 7) is 0.722. The fourth-order valence-corrected chi connectivity index (χ4v) is 5.42. The molecule has 0 spiro atoms. The molecule has 3 atom stereocenters. The first-order chi connectivity index (χ1) is 15.8. The summed E-state index contributed by atoms with van der Waals surface area (Å²) >= 11 is 0. The molecule has 0 amide bonds. The van der Waals surface area contributed by atoms with E-state index in [1.165, 1.54) is 6.07 Å². The van der Waals surface area contributed by atoms with Gasteiger partial charge in [-0.2, -0.15) is 13.2 Å². The van der Waals surface area contributed by atoms with E-state index in [1.807, 2.05) is 24.3 Å². The van der Waals surface area contributed by atoms with Crippen LogP contribution in [0.4, 0.5) is 18.9 Å². The van der Waals surface area contributed by atoms with Gasteiger partial charge in [0.05, 0.1) is 30.5 Å². The standard InChI is InChI=1S/C24H21F3N4O2/c1-33-13-2-4-17-16(11-13)14(6-8-28-17)22(32)18-10-12-7-9-31(18)21-15-3-5-19(24(25,26)27)29-23(15)30-20(12)21/h2-6,8,11-12,18,22,32H,7,9-10H2,1H3,(H,29,30)/t12-,18-,22+/m0/s1. The molecular weight excluding hydrogens is 433 g/mol. The third-order valence-electron chi connectivity index (χ3n) is 6.95. The SMILES string of the molecule is COc1ccc2nccc([C@@H](O)[C@@H]3C[C@@H]4CCN3c3c4[nH]c4nc(C(F)(F)F)ccc34)c2c1. The van der Waals surface area contributed by atoms with E-state index in [9.17, 15) is 18.3 Å². The largest absolute Gasteiger partial charge is 0.497 e. The Kier molecular flexibility index (Phi) is 4.35. The monoisotopic (exact) mass is 454 g/mol. The minimum absolute atomic E-state index is 0.121. The van der Waals surface area contributed by atoms with Crippen LogP contribution in [0.2, 0.25) is 0 Å². The maximum atomic E-state index is 13.2. The summed E-state index contributed by atoms with van der Waals surface area (Å²) in [7, 11) is 1.59. The zero-order valence-electron chi connectivity index (χ0n) is 17.7. The number of hydrogen-bond donors (Lipinski definition) is 2. The molecule has 2 N–H and O–H groups in total. The van der Waals surface area contributed by atoms with Crippen LogP contribution in [0.3, 0.4) is 0 Å². The lowest BCUT2D eigenvalue weighted by Crippen LogP contribution is -2.49. The van der Waals surface area contributed by atoms with Gasteiger partial charge in [0.2, 0.25) is 0 Å². The van der Waals surface area contributed by atoms with E-state index in [2.05, 4.69) is 19.9 Å². The zero-order chi connectivity index (χ0) is 22.9. The molecule has 9 heteroatoms. The number of ether oxygens (including phenoxy) is 1. The predicted molar refractivity (Wildman–Crippen MR) is 117 cm³/mol. The van der Waals surface area contributed by atoms with E-state index in [0.29, 0.717) is 17.6 Å². The highest BCUT2D eigenvalue weighted by Gasteiger charge is 2.44. The van der Waals surface area contributed by atoms with Gasteiger partial charge in [0.25, 0.3) is 0 Å². The fourth-order valence-electron chi connectivity index (χ4n) is 5.42. The molecule has 0 unspecified atom stereocenters. The number of aromatic amines is 1. The lowest BCUT2D eigenvalue weighted by Gasteiger charge is -2.48. The Morgan fingerprint density at radius 2 is 2.03 bits per heavy atom. The van der Waals surface area contributed by atoms with Crippen molar-refractivity contribution < 1.29 is 23.0 Å². The number of methoxy groups -OCH3 is 1. The highest BCUT2D eigenvalue weighted by molar-refractivity contribution is 5.94. The van der Waals surface area contributed by atoms with Crippen molar-refractivity contribution in [3.63, 3.8) is 0 Å². The molecule has 0 radical (unpaired) electrons. The molecule has 1 aromatic carbocycles. The number of fused-ring (bicyclic) bond motifs is 4. The highest BCUT2D eigenvalue weighted by atomic mass is 19.4. The Labute approximate surface area is 187 Å². The molecule has 7 rings (SSSR count). The van der Waals surface area contributed by atoms with Crippen molar-refractivity contribution in [2.75, 3.05) is 18.6 Å². The lowest BCUT2D eigenvalue weighted by molar-refractivity contribution is -0.141. The molecule has 4 aromatic rings. The smallest absolute Gasteiger partial charge is 0.433 e. The van der Waals surface area contributed by atoms with Crippen LogP contribution in [0.15, 0.2) is 42.6 Å². The van der Waals surface area contributed by atoms with Gasteiger partial charge in [0.1, 0.15) is 17.1 Å². The van der Waals surface area contributed by atoms with E-state index in [0.717, 1.165) is 46.9 Å². The molecule has 0 aliphatic carbocycles. The second-order valence-electron chi connectivity index (χ2n) is 8.69. The third-order valence-corrected chi connectivity index (χ3v) is 6.95. The van der Waals surface area contributed by atoms with Gasteiger partial charge in [-0.05, 0) is 54.8 Å². The number of nitrogens with one attached hydrogen (secondary N) is 1. The summed E-state index contributed by atoms with van der Waals surface area (Å²) in [5.74, 6) is 0.802. The highest BCUT2D eigenvalue weighted by Crippen LogP contribution is 2.51. The van der Waals surface area contributed by atoms with E-state index in [-0.39, 0.29) is 17.6 Å². The van der Waals surface area contributed by atoms with Gasteiger partial charge < -0.3 is 19.7 Å². The number of hydrogen-bond acceptors (Lipinski definition) is 5. The van der Waals surface area contributed by atoms with E-state index >= 15 is 0 Å². The van der Waals surface area contributed by atoms with Gasteiger partial charge in [0.15, 0.2) is 0 Å². The Balaban J connectivity index is 1.43. The maximum absolute atomic E-state index is 13.2. The average molecular weight is 454 g/mol. The first-order valence-electron chi connectivity index (χ1n) is 10.8. The van der Waals surface area contributed by atoms with Crippen molar-refractivity contribution in [2.45, 2.75) is 37.1 Å². The molecule has 1 saturated heterocycles. The van der Waals surface area contributed by atoms with E-state index in [1.54, 1.807) is 13.3 Å². The number of pyridine rings is 2. The molecule has 3 aliphatic heterocycles. The molecule has 6 heterocycles. The number of piperidine rings is 1. The maximum Gasteiger partial charge on any atom is 0.433 e. The van der Waals surface area contributed by atoms with Gasteiger partial charge in [-0.1, -0.05) is 0 Å². The van der Waals surface area contributed by atoms with Crippen LogP contribution in [0.5, 0.6) is 5.75 Å². The number of alkyl halides is 3. The van der Waals surface area contributed by atoms with Crippen LogP contribution in [-0.2, 0) is 6.18 Å². The summed E-state index contributed by atoms with van der Waals surface area (Å²) < 4.78 is 44.9. The fraction of sp³-hybridized carbons (Fsp3) is 0.333. The Morgan fingerprint density at radius 3 is 2.82 bits per heavy atom. The molecule has 3 aliphatic rings. The van der Waals surface area contributed by atoms with Gasteiger partial charge in [-0.25, -0.2) is 4.98 Å². The summed E-state index contributed by atoms with van der Waals surface area (Å²) in [6, 6.07) is 9.68. The van der Waals surface area contributed by atoms with Crippen molar-refractivity contribution in [2.24, 2.45) is 0 Å². The number of anilines is 1. The van der Waals surface area contributed by atoms with Crippen molar-refractivity contribution in [3.05, 3.63) is 59.5 Å². The molecule has 6 nitrogen and oxygen atoms in total. The summed E-state index contributed by atoms with van der Waals surface area (Å²) in [5, 5.41) is 13.0. The number of nitrogens with zero attached hydrogens (tertiary/aromatic N) is 3. The van der Waals surface area contributed by atoms with Gasteiger partial charge in [-0.3, -0.25) is 4.98 Å². The van der Waals surface area contributed by atoms with Crippen molar-refractivity contribution in [3.8, 4) is 5.75 Å². The molecule has 2 bridgehead atoms. The summed E-state index contributed by atoms with van der Waals surface area (Å²) in [6.07, 6.45) is -2.04. The molecule has 3 aromatic heterocycles. The first-order valence-corrected chi connectivity index (χ1v) is 10.8. The first kappa shape index (κ1) is 20.3. The molecular formula is C24H21F3N4O2. The van der Waals surface area contributed by atoms with Gasteiger partial charge in [-0.15, -0.1) is 0 Å². The summed E-state index contributed by atoms with van der Waals surface area (Å²) in [5.41, 5.74) is 2.61. The Morgan fingerprint density at radius 1 is 1.18 bits per heavy atom. The summed E-state index contributed by atoms with van der Waals surface area (Å²) in [4.78, 5) is 13.5. The van der Waals surface area contributed by atoms with Crippen LogP contribution in [-0.4, -0.2) is 39.8 Å². The number of benzene rings is 1. The molecule has 0 saturated carbocycles. The van der Waals surface area contributed by atoms with Gasteiger partial charge in [0, 0.05) is 35.1 Å². The van der Waals surface area contributed by atoms with Crippen molar-refractivity contribution >= 4 is 27.6 Å². The average Bonchev–Trinajstić information content (AvgIpc) is 3.23. The molecule has 33 heavy (non-hydrogen) atoms. The Hall–Kier alpha value is -3.33. The second-order valence-corrected chi connectivity index (χ2v) is 8.69. The normalized spacial score (nSPS) is 20.9. The van der Waals surface area contributed by atoms with Crippen LogP contribution >= 0.6 is 0 Å². The predicted octanol–water partition coefficient (Wildman–Crippen LogP) is 4.94. The third kappa shape index (κ3) is 3.06. The molecule has 1 fully saturated rings. The van der Waals surface area contributed by atoms with Gasteiger partial charge >= 0.3 is 6.18 Å². The van der Waals surface area contributed by atoms with Crippen LogP contribution in [0.1, 0.15) is 41.8 Å². The topological polar surface area (TPSA) is 74.3 Å². The van der Waals surface area contributed by atoms with E-state index in [4.69, 9.17) is 4.74 Å². The van der Waals surface area contributed by atoms with Crippen molar-refractivity contribution in [1.29, 1.82) is 0 Å². The van der Waals surface area contributed by atoms with Crippen LogP contribution in [0, 0.1) is 0 Å². The second kappa shape index (κ2) is 7.08. The lowest BCUT2D eigenvalue weighted by atomic mass is 9.79. The quantitative estimate of drug-likeness (QED) is 0.459. The minimum atomic E-state index is -4.50. The number of aliphatic hydroxyl groups excluding tert-OH is 1. The number of H-pyrrole nitrogens is 1. The number of halogens is 3.